The molecular formula is C12H16N2O2. The molecule has 1 heterocycles. The Morgan fingerprint density at radius 2 is 2.25 bits per heavy atom. The van der Waals surface area contributed by atoms with E-state index in [4.69, 9.17) is 4.52 Å². The number of aryl methyl sites for hydroxylation is 1. The summed E-state index contributed by atoms with van der Waals surface area (Å²) in [4.78, 5) is 13.9. The molecule has 1 aliphatic carbocycles. The number of nitrogens with zero attached hydrogens (tertiary/aromatic N) is 2. The summed E-state index contributed by atoms with van der Waals surface area (Å²) in [6.07, 6.45) is 3.80. The molecule has 1 fully saturated rings. The summed E-state index contributed by atoms with van der Waals surface area (Å²) >= 11 is 0. The van der Waals surface area contributed by atoms with Gasteiger partial charge in [0.15, 0.2) is 11.5 Å². The highest BCUT2D eigenvalue weighted by Crippen LogP contribution is 2.35. The SMILES string of the molecule is Cc1cc(/C(=C/N(C)C)C(=O)C2CC2)on1. The molecule has 1 saturated carbocycles. The fourth-order valence-corrected chi connectivity index (χ4v) is 1.56. The molecule has 16 heavy (non-hydrogen) atoms. The molecule has 0 aromatic carbocycles. The Balaban J connectivity index is 2.30. The van der Waals surface area contributed by atoms with Gasteiger partial charge in [-0.3, -0.25) is 4.79 Å². The lowest BCUT2D eigenvalue weighted by molar-refractivity contribution is -0.114. The van der Waals surface area contributed by atoms with Gasteiger partial charge in [0.05, 0.1) is 11.3 Å². The van der Waals surface area contributed by atoms with Gasteiger partial charge < -0.3 is 9.42 Å². The van der Waals surface area contributed by atoms with Crippen molar-refractivity contribution < 1.29 is 9.32 Å². The predicted octanol–water partition coefficient (Wildman–Crippen LogP) is 1.86. The fraction of sp³-hybridized carbons (Fsp3) is 0.500. The van der Waals surface area contributed by atoms with E-state index in [9.17, 15) is 4.79 Å². The molecular weight excluding hydrogens is 204 g/mol. The lowest BCUT2D eigenvalue weighted by Crippen LogP contribution is -2.09. The predicted molar refractivity (Wildman–Crippen MR) is 60.6 cm³/mol. The Morgan fingerprint density at radius 3 is 2.69 bits per heavy atom. The monoisotopic (exact) mass is 220 g/mol. The van der Waals surface area contributed by atoms with Crippen LogP contribution in [-0.2, 0) is 4.79 Å². The molecule has 0 amide bonds. The minimum atomic E-state index is 0.171. The van der Waals surface area contributed by atoms with Crippen molar-refractivity contribution in [2.24, 2.45) is 5.92 Å². The van der Waals surface area contributed by atoms with E-state index in [1.54, 1.807) is 12.3 Å². The first-order chi connectivity index (χ1) is 7.58. The van der Waals surface area contributed by atoms with Gasteiger partial charge in [-0.25, -0.2) is 0 Å². The van der Waals surface area contributed by atoms with Crippen molar-refractivity contribution in [2.75, 3.05) is 14.1 Å². The number of carbonyl (C=O) groups excluding carboxylic acids is 1. The first-order valence-electron chi connectivity index (χ1n) is 5.44. The molecule has 0 unspecified atom stereocenters. The van der Waals surface area contributed by atoms with Crippen LogP contribution in [0.2, 0.25) is 0 Å². The maximum absolute atomic E-state index is 12.1. The van der Waals surface area contributed by atoms with E-state index in [1.165, 1.54) is 0 Å². The molecule has 0 bridgehead atoms. The van der Waals surface area contributed by atoms with E-state index in [-0.39, 0.29) is 11.7 Å². The molecule has 86 valence electrons. The van der Waals surface area contributed by atoms with Crippen LogP contribution in [0.5, 0.6) is 0 Å². The van der Waals surface area contributed by atoms with Crippen molar-refractivity contribution in [3.8, 4) is 0 Å². The average Bonchev–Trinajstić information content (AvgIpc) is 2.97. The third kappa shape index (κ3) is 2.32. The van der Waals surface area contributed by atoms with E-state index >= 15 is 0 Å². The molecule has 1 aromatic rings. The summed E-state index contributed by atoms with van der Waals surface area (Å²) in [5.74, 6) is 0.935. The van der Waals surface area contributed by atoms with Crippen molar-refractivity contribution in [2.45, 2.75) is 19.8 Å². The highest BCUT2D eigenvalue weighted by atomic mass is 16.5. The van der Waals surface area contributed by atoms with Crippen molar-refractivity contribution in [3.05, 3.63) is 23.7 Å². The second-order valence-electron chi connectivity index (χ2n) is 4.48. The second-order valence-corrected chi connectivity index (χ2v) is 4.48. The van der Waals surface area contributed by atoms with Crippen molar-refractivity contribution in [1.82, 2.24) is 10.1 Å². The Kier molecular flexibility index (Phi) is 2.81. The smallest absolute Gasteiger partial charge is 0.172 e. The van der Waals surface area contributed by atoms with Crippen LogP contribution in [-0.4, -0.2) is 29.9 Å². The van der Waals surface area contributed by atoms with Crippen molar-refractivity contribution in [1.29, 1.82) is 0 Å². The summed E-state index contributed by atoms with van der Waals surface area (Å²) in [6, 6.07) is 1.80. The molecule has 0 atom stereocenters. The Morgan fingerprint density at radius 1 is 1.56 bits per heavy atom. The summed E-state index contributed by atoms with van der Waals surface area (Å²) in [5, 5.41) is 3.82. The number of rotatable bonds is 4. The third-order valence-corrected chi connectivity index (χ3v) is 2.49. The molecule has 4 nitrogen and oxygen atoms in total. The van der Waals surface area contributed by atoms with Gasteiger partial charge in [0.25, 0.3) is 0 Å². The number of aromatic nitrogens is 1. The Hall–Kier alpha value is -1.58. The number of carbonyl (C=O) groups is 1. The zero-order chi connectivity index (χ0) is 11.7. The molecule has 0 N–H and O–H groups in total. The number of ketones is 1. The van der Waals surface area contributed by atoms with Gasteiger partial charge in [0.1, 0.15) is 0 Å². The van der Waals surface area contributed by atoms with Crippen LogP contribution >= 0.6 is 0 Å². The number of hydrogen-bond acceptors (Lipinski definition) is 4. The number of hydrogen-bond donors (Lipinski definition) is 0. The van der Waals surface area contributed by atoms with Crippen LogP contribution in [0.4, 0.5) is 0 Å². The first kappa shape index (κ1) is 10.9. The molecule has 0 aliphatic heterocycles. The molecule has 2 rings (SSSR count). The third-order valence-electron chi connectivity index (χ3n) is 2.49. The van der Waals surface area contributed by atoms with E-state index in [0.29, 0.717) is 11.3 Å². The molecule has 1 aromatic heterocycles. The lowest BCUT2D eigenvalue weighted by atomic mass is 10.1. The summed E-state index contributed by atoms with van der Waals surface area (Å²) in [5.41, 5.74) is 1.43. The van der Waals surface area contributed by atoms with Gasteiger partial charge in [0, 0.05) is 32.3 Å². The average molecular weight is 220 g/mol. The van der Waals surface area contributed by atoms with Gasteiger partial charge in [-0.1, -0.05) is 5.16 Å². The number of allylic oxidation sites excluding steroid dienone is 1. The van der Waals surface area contributed by atoms with Crippen LogP contribution in [0.1, 0.15) is 24.3 Å². The lowest BCUT2D eigenvalue weighted by Gasteiger charge is -2.08. The van der Waals surface area contributed by atoms with E-state index in [2.05, 4.69) is 5.16 Å². The summed E-state index contributed by atoms with van der Waals surface area (Å²) in [6.45, 7) is 1.85. The van der Waals surface area contributed by atoms with Gasteiger partial charge in [0.2, 0.25) is 0 Å². The first-order valence-corrected chi connectivity index (χ1v) is 5.44. The number of Topliss-reactive ketones (excluding diaryl/α,β-unsaturated/α-hetero) is 1. The van der Waals surface area contributed by atoms with Crippen LogP contribution < -0.4 is 0 Å². The highest BCUT2D eigenvalue weighted by Gasteiger charge is 2.33. The molecule has 0 saturated heterocycles. The maximum Gasteiger partial charge on any atom is 0.172 e. The van der Waals surface area contributed by atoms with E-state index in [1.807, 2.05) is 25.9 Å². The second kappa shape index (κ2) is 4.12. The van der Waals surface area contributed by atoms with Crippen LogP contribution in [0.15, 0.2) is 16.8 Å². The minimum Gasteiger partial charge on any atom is -0.383 e. The zero-order valence-electron chi connectivity index (χ0n) is 9.86. The molecule has 0 radical (unpaired) electrons. The fourth-order valence-electron chi connectivity index (χ4n) is 1.56. The molecule has 1 aliphatic rings. The van der Waals surface area contributed by atoms with Crippen LogP contribution in [0.3, 0.4) is 0 Å². The van der Waals surface area contributed by atoms with Crippen molar-refractivity contribution in [3.63, 3.8) is 0 Å². The van der Waals surface area contributed by atoms with Crippen molar-refractivity contribution >= 4 is 11.4 Å². The van der Waals surface area contributed by atoms with E-state index in [0.717, 1.165) is 18.5 Å². The van der Waals surface area contributed by atoms with Gasteiger partial charge >= 0.3 is 0 Å². The summed E-state index contributed by atoms with van der Waals surface area (Å²) in [7, 11) is 3.78. The topological polar surface area (TPSA) is 46.3 Å². The normalized spacial score (nSPS) is 16.3. The zero-order valence-corrected chi connectivity index (χ0v) is 9.86. The standard InChI is InChI=1S/C12H16N2O2/c1-8-6-11(16-13-8)10(7-14(2)3)12(15)9-4-5-9/h6-7,9H,4-5H2,1-3H3/b10-7-. The Bertz CT molecular complexity index is 428. The van der Waals surface area contributed by atoms with Crippen LogP contribution in [0, 0.1) is 12.8 Å². The van der Waals surface area contributed by atoms with Gasteiger partial charge in [-0.2, -0.15) is 0 Å². The summed E-state index contributed by atoms with van der Waals surface area (Å²) < 4.78 is 5.16. The maximum atomic E-state index is 12.1. The molecule has 0 spiro atoms. The van der Waals surface area contributed by atoms with E-state index < -0.39 is 0 Å². The van der Waals surface area contributed by atoms with Gasteiger partial charge in [-0.05, 0) is 19.8 Å². The molecule has 4 heteroatoms. The van der Waals surface area contributed by atoms with Gasteiger partial charge in [-0.15, -0.1) is 0 Å². The van der Waals surface area contributed by atoms with Crippen LogP contribution in [0.25, 0.3) is 5.57 Å². The quantitative estimate of drug-likeness (QED) is 0.727. The largest absolute Gasteiger partial charge is 0.383 e. The Labute approximate surface area is 94.9 Å². The minimum absolute atomic E-state index is 0.171. The highest BCUT2D eigenvalue weighted by molar-refractivity contribution is 6.21.